The molecule has 6 nitrogen and oxygen atoms in total. The Bertz CT molecular complexity index is 625. The van der Waals surface area contributed by atoms with Gasteiger partial charge in [0, 0.05) is 5.56 Å². The molecule has 2 rings (SSSR count). The highest BCUT2D eigenvalue weighted by Gasteiger charge is 2.20. The number of hydrogen-bond acceptors (Lipinski definition) is 5. The third kappa shape index (κ3) is 3.18. The van der Waals surface area contributed by atoms with Crippen LogP contribution in [0, 0.1) is 0 Å². The average molecular weight is 292 g/mol. The van der Waals surface area contributed by atoms with Crippen molar-refractivity contribution in [2.24, 2.45) is 10.7 Å². The van der Waals surface area contributed by atoms with Crippen LogP contribution in [0.2, 0.25) is 0 Å². The number of carbonyl (C=O) groups excluding carboxylic acids is 1. The summed E-state index contributed by atoms with van der Waals surface area (Å²) in [5.41, 5.74) is 6.07. The monoisotopic (exact) mass is 292 g/mol. The molecule has 1 unspecified atom stereocenters. The Morgan fingerprint density at radius 2 is 2.20 bits per heavy atom. The van der Waals surface area contributed by atoms with Crippen LogP contribution < -0.4 is 10.5 Å². The van der Waals surface area contributed by atoms with Gasteiger partial charge < -0.3 is 15.6 Å². The molecule has 1 amide bonds. The van der Waals surface area contributed by atoms with Crippen molar-refractivity contribution in [3.05, 3.63) is 34.7 Å². The predicted molar refractivity (Wildman–Crippen MR) is 76.4 cm³/mol. The molecule has 0 bridgehead atoms. The van der Waals surface area contributed by atoms with Crippen molar-refractivity contribution in [2.45, 2.75) is 13.0 Å². The van der Waals surface area contributed by atoms with Gasteiger partial charge in [0.25, 0.3) is 5.91 Å². The smallest absolute Gasteiger partial charge is 0.344 e. The summed E-state index contributed by atoms with van der Waals surface area (Å²) in [6.07, 6.45) is 0.600. The number of nitrogens with two attached hydrogens (primary N) is 1. The van der Waals surface area contributed by atoms with Gasteiger partial charge >= 0.3 is 5.97 Å². The van der Waals surface area contributed by atoms with Gasteiger partial charge in [-0.1, -0.05) is 18.2 Å². The molecular formula is C13H12N2O4S. The van der Waals surface area contributed by atoms with Gasteiger partial charge in [-0.05, 0) is 30.8 Å². The summed E-state index contributed by atoms with van der Waals surface area (Å²) in [7, 11) is 0. The first-order chi connectivity index (χ1) is 9.47. The molecule has 0 saturated carbocycles. The van der Waals surface area contributed by atoms with Gasteiger partial charge in [-0.15, -0.1) is 0 Å². The van der Waals surface area contributed by atoms with Gasteiger partial charge in [0.15, 0.2) is 11.3 Å². The van der Waals surface area contributed by atoms with E-state index in [1.165, 1.54) is 6.92 Å². The van der Waals surface area contributed by atoms with E-state index in [2.05, 4.69) is 4.99 Å². The fraction of sp³-hybridized carbons (Fsp3) is 0.154. The lowest BCUT2D eigenvalue weighted by molar-refractivity contribution is -0.144. The van der Waals surface area contributed by atoms with E-state index in [0.717, 1.165) is 11.8 Å². The number of carboxylic acids is 1. The number of nitrogens with zero attached hydrogens (tertiary/aromatic N) is 1. The summed E-state index contributed by atoms with van der Waals surface area (Å²) in [6.45, 7) is 1.43. The first-order valence-corrected chi connectivity index (χ1v) is 6.55. The summed E-state index contributed by atoms with van der Waals surface area (Å²) in [5.74, 6) is -1.09. The maximum atomic E-state index is 11.5. The number of amidine groups is 1. The lowest BCUT2D eigenvalue weighted by atomic mass is 10.2. The van der Waals surface area contributed by atoms with Crippen LogP contribution in [0.1, 0.15) is 12.5 Å². The minimum atomic E-state index is -1.06. The third-order valence-corrected chi connectivity index (χ3v) is 3.31. The summed E-state index contributed by atoms with van der Waals surface area (Å²) < 4.78 is 5.35. The van der Waals surface area contributed by atoms with Crippen LogP contribution in [0.15, 0.2) is 34.2 Å². The standard InChI is InChI=1S/C13H12N2O4S/c1-7(12(17)18)19-9-5-3-2-4-8(9)6-10-11(16)15-13(14)20-10/h2-7H,1H3,(H,17,18)(H2,14,15,16)/b10-6-. The molecule has 3 N–H and O–H groups in total. The molecule has 1 aromatic carbocycles. The highest BCUT2D eigenvalue weighted by atomic mass is 32.2. The molecular weight excluding hydrogens is 280 g/mol. The third-order valence-electron chi connectivity index (χ3n) is 2.49. The molecule has 1 atom stereocenters. The first kappa shape index (κ1) is 14.1. The number of benzene rings is 1. The molecule has 1 aromatic rings. The Morgan fingerprint density at radius 1 is 1.50 bits per heavy atom. The molecule has 1 heterocycles. The van der Waals surface area contributed by atoms with Gasteiger partial charge in [0.2, 0.25) is 0 Å². The highest BCUT2D eigenvalue weighted by Crippen LogP contribution is 2.29. The zero-order valence-electron chi connectivity index (χ0n) is 10.6. The predicted octanol–water partition coefficient (Wildman–Crippen LogP) is 1.47. The zero-order chi connectivity index (χ0) is 14.7. The Labute approximate surface area is 119 Å². The number of carbonyl (C=O) groups is 2. The van der Waals surface area contributed by atoms with E-state index in [9.17, 15) is 9.59 Å². The van der Waals surface area contributed by atoms with Gasteiger partial charge in [0.1, 0.15) is 5.75 Å². The molecule has 0 saturated heterocycles. The topological polar surface area (TPSA) is 102 Å². The number of aliphatic carboxylic acids is 1. The minimum absolute atomic E-state index is 0.193. The van der Waals surface area contributed by atoms with E-state index in [0.29, 0.717) is 16.2 Å². The number of thioether (sulfide) groups is 1. The Balaban J connectivity index is 2.27. The van der Waals surface area contributed by atoms with E-state index in [1.54, 1.807) is 30.3 Å². The van der Waals surface area contributed by atoms with Crippen LogP contribution in [-0.4, -0.2) is 28.3 Å². The molecule has 0 aliphatic carbocycles. The van der Waals surface area contributed by atoms with Crippen molar-refractivity contribution in [1.82, 2.24) is 0 Å². The summed E-state index contributed by atoms with van der Waals surface area (Å²) in [5, 5.41) is 9.05. The summed E-state index contributed by atoms with van der Waals surface area (Å²) >= 11 is 1.07. The number of para-hydroxylation sites is 1. The van der Waals surface area contributed by atoms with Crippen molar-refractivity contribution < 1.29 is 19.4 Å². The number of rotatable bonds is 4. The second kappa shape index (κ2) is 5.79. The van der Waals surface area contributed by atoms with Crippen molar-refractivity contribution in [2.75, 3.05) is 0 Å². The van der Waals surface area contributed by atoms with Gasteiger partial charge in [-0.25, -0.2) is 4.79 Å². The van der Waals surface area contributed by atoms with E-state index >= 15 is 0 Å². The number of ether oxygens (including phenoxy) is 1. The fourth-order valence-corrected chi connectivity index (χ4v) is 2.19. The second-order valence-electron chi connectivity index (χ2n) is 4.00. The lowest BCUT2D eigenvalue weighted by Gasteiger charge is -2.12. The Hall–Kier alpha value is -2.28. The Morgan fingerprint density at radius 3 is 2.80 bits per heavy atom. The Kier molecular flexibility index (Phi) is 4.09. The van der Waals surface area contributed by atoms with Crippen LogP contribution in [0.4, 0.5) is 0 Å². The van der Waals surface area contributed by atoms with Gasteiger partial charge in [-0.3, -0.25) is 4.79 Å². The second-order valence-corrected chi connectivity index (χ2v) is 5.06. The molecule has 1 aliphatic heterocycles. The molecule has 1 aliphatic rings. The lowest BCUT2D eigenvalue weighted by Crippen LogP contribution is -2.23. The van der Waals surface area contributed by atoms with Gasteiger partial charge in [0.05, 0.1) is 4.91 Å². The average Bonchev–Trinajstić information content (AvgIpc) is 2.70. The number of carboxylic acid groups (broad SMARTS) is 1. The highest BCUT2D eigenvalue weighted by molar-refractivity contribution is 8.18. The van der Waals surface area contributed by atoms with E-state index < -0.39 is 18.0 Å². The van der Waals surface area contributed by atoms with Crippen LogP contribution in [0.25, 0.3) is 6.08 Å². The van der Waals surface area contributed by atoms with Crippen LogP contribution >= 0.6 is 11.8 Å². The maximum absolute atomic E-state index is 11.5. The number of aliphatic imine (C=N–C) groups is 1. The molecule has 0 spiro atoms. The van der Waals surface area contributed by atoms with Gasteiger partial charge in [-0.2, -0.15) is 4.99 Å². The van der Waals surface area contributed by atoms with Crippen LogP contribution in [0.5, 0.6) is 5.75 Å². The zero-order valence-corrected chi connectivity index (χ0v) is 11.4. The summed E-state index contributed by atoms with van der Waals surface area (Å²) in [4.78, 5) is 26.3. The quantitative estimate of drug-likeness (QED) is 0.815. The van der Waals surface area contributed by atoms with E-state index in [4.69, 9.17) is 15.6 Å². The molecule has 0 radical (unpaired) electrons. The van der Waals surface area contributed by atoms with Crippen molar-refractivity contribution in [1.29, 1.82) is 0 Å². The van der Waals surface area contributed by atoms with Crippen LogP contribution in [0.3, 0.4) is 0 Å². The minimum Gasteiger partial charge on any atom is -0.479 e. The van der Waals surface area contributed by atoms with Crippen molar-refractivity contribution >= 4 is 34.9 Å². The van der Waals surface area contributed by atoms with Crippen LogP contribution in [-0.2, 0) is 9.59 Å². The fourth-order valence-electron chi connectivity index (χ4n) is 1.51. The largest absolute Gasteiger partial charge is 0.479 e. The van der Waals surface area contributed by atoms with E-state index in [-0.39, 0.29) is 5.17 Å². The molecule has 0 aromatic heterocycles. The number of amides is 1. The first-order valence-electron chi connectivity index (χ1n) is 5.74. The van der Waals surface area contributed by atoms with Crippen molar-refractivity contribution in [3.8, 4) is 5.75 Å². The van der Waals surface area contributed by atoms with Crippen molar-refractivity contribution in [3.63, 3.8) is 0 Å². The molecule has 7 heteroatoms. The molecule has 0 fully saturated rings. The summed E-state index contributed by atoms with van der Waals surface area (Å²) in [6, 6.07) is 6.85. The molecule has 104 valence electrons. The number of hydrogen-bond donors (Lipinski definition) is 2. The van der Waals surface area contributed by atoms with E-state index in [1.807, 2.05) is 0 Å². The molecule has 20 heavy (non-hydrogen) atoms. The SMILES string of the molecule is CC(Oc1ccccc1/C=C1\SC(N)=NC1=O)C(=O)O. The maximum Gasteiger partial charge on any atom is 0.344 e. The normalized spacial score (nSPS) is 17.9.